The van der Waals surface area contributed by atoms with Crippen LogP contribution in [0.1, 0.15) is 23.3 Å². The molecule has 1 amide bonds. The number of rotatable bonds is 3. The molecule has 2 rings (SSSR count). The smallest absolute Gasteiger partial charge is 0.269 e. The zero-order valence-corrected chi connectivity index (χ0v) is 9.80. The van der Waals surface area contributed by atoms with E-state index in [0.717, 1.165) is 6.54 Å². The van der Waals surface area contributed by atoms with Crippen molar-refractivity contribution >= 4 is 23.4 Å². The molecule has 0 aromatic carbocycles. The van der Waals surface area contributed by atoms with Gasteiger partial charge in [-0.3, -0.25) is 9.78 Å². The number of carbonyl (C=O) groups excluding carboxylic acids is 1. The number of nitrogens with one attached hydrogen (secondary N) is 1. The molecule has 0 saturated carbocycles. The topological polar surface area (TPSA) is 68.0 Å². The fraction of sp³-hybridized carbons (Fsp3) is 0.455. The standard InChI is InChI=1S/C11H15N3OS/c12-8-3-4-13-10(6-8)11(15)14-7-9-2-1-5-16-9/h3-4,6,9H,1-2,5,7H2,(H2,12,13)(H,14,15). The van der Waals surface area contributed by atoms with Crippen LogP contribution in [-0.2, 0) is 0 Å². The minimum atomic E-state index is -0.139. The Morgan fingerprint density at radius 1 is 1.69 bits per heavy atom. The number of aromatic nitrogens is 1. The summed E-state index contributed by atoms with van der Waals surface area (Å²) in [6.07, 6.45) is 3.99. The molecule has 1 aromatic heterocycles. The van der Waals surface area contributed by atoms with Crippen molar-refractivity contribution in [3.8, 4) is 0 Å². The van der Waals surface area contributed by atoms with Gasteiger partial charge < -0.3 is 11.1 Å². The minimum absolute atomic E-state index is 0.139. The number of nitrogens with two attached hydrogens (primary N) is 1. The van der Waals surface area contributed by atoms with Gasteiger partial charge >= 0.3 is 0 Å². The summed E-state index contributed by atoms with van der Waals surface area (Å²) in [6, 6.07) is 3.26. The van der Waals surface area contributed by atoms with Gasteiger partial charge in [-0.25, -0.2) is 0 Å². The molecule has 0 spiro atoms. The Bertz CT molecular complexity index is 377. The van der Waals surface area contributed by atoms with Crippen molar-refractivity contribution in [3.63, 3.8) is 0 Å². The lowest BCUT2D eigenvalue weighted by Gasteiger charge is -2.09. The second-order valence-electron chi connectivity index (χ2n) is 3.82. The fourth-order valence-electron chi connectivity index (χ4n) is 1.67. The third-order valence-corrected chi connectivity index (χ3v) is 3.93. The van der Waals surface area contributed by atoms with Crippen molar-refractivity contribution in [1.29, 1.82) is 0 Å². The lowest BCUT2D eigenvalue weighted by atomic mass is 10.2. The predicted molar refractivity (Wildman–Crippen MR) is 66.5 cm³/mol. The van der Waals surface area contributed by atoms with E-state index in [1.54, 1.807) is 18.3 Å². The highest BCUT2D eigenvalue weighted by atomic mass is 32.2. The van der Waals surface area contributed by atoms with Gasteiger partial charge in [-0.2, -0.15) is 11.8 Å². The average Bonchev–Trinajstić information content (AvgIpc) is 2.78. The summed E-state index contributed by atoms with van der Waals surface area (Å²) < 4.78 is 0. The SMILES string of the molecule is Nc1ccnc(C(=O)NCC2CCCS2)c1. The highest BCUT2D eigenvalue weighted by Gasteiger charge is 2.16. The van der Waals surface area contributed by atoms with Crippen molar-refractivity contribution in [2.75, 3.05) is 18.0 Å². The highest BCUT2D eigenvalue weighted by molar-refractivity contribution is 8.00. The molecule has 0 aliphatic carbocycles. The molecule has 3 N–H and O–H groups in total. The molecule has 1 atom stereocenters. The van der Waals surface area contributed by atoms with Crippen molar-refractivity contribution in [2.24, 2.45) is 0 Å². The lowest BCUT2D eigenvalue weighted by Crippen LogP contribution is -2.30. The molecule has 5 heteroatoms. The molecule has 0 bridgehead atoms. The van der Waals surface area contributed by atoms with E-state index < -0.39 is 0 Å². The summed E-state index contributed by atoms with van der Waals surface area (Å²) in [6.45, 7) is 0.722. The van der Waals surface area contributed by atoms with Gasteiger partial charge in [-0.15, -0.1) is 0 Å². The predicted octanol–water partition coefficient (Wildman–Crippen LogP) is 1.29. The molecule has 1 unspecified atom stereocenters. The van der Waals surface area contributed by atoms with Gasteiger partial charge in [0.1, 0.15) is 5.69 Å². The summed E-state index contributed by atoms with van der Waals surface area (Å²) in [5.41, 5.74) is 6.55. The Kier molecular flexibility index (Phi) is 3.66. The maximum Gasteiger partial charge on any atom is 0.269 e. The summed E-state index contributed by atoms with van der Waals surface area (Å²) in [7, 11) is 0. The van der Waals surface area contributed by atoms with Gasteiger partial charge in [-0.05, 0) is 30.7 Å². The van der Waals surface area contributed by atoms with Crippen LogP contribution in [0.25, 0.3) is 0 Å². The normalized spacial score (nSPS) is 19.6. The van der Waals surface area contributed by atoms with E-state index in [0.29, 0.717) is 16.6 Å². The molecule has 1 aliphatic heterocycles. The van der Waals surface area contributed by atoms with Crippen LogP contribution in [0.3, 0.4) is 0 Å². The second-order valence-corrected chi connectivity index (χ2v) is 5.23. The first-order valence-corrected chi connectivity index (χ1v) is 6.42. The lowest BCUT2D eigenvalue weighted by molar-refractivity contribution is 0.0949. The van der Waals surface area contributed by atoms with Crippen molar-refractivity contribution in [2.45, 2.75) is 18.1 Å². The Balaban J connectivity index is 1.87. The van der Waals surface area contributed by atoms with Gasteiger partial charge in [0.05, 0.1) is 0 Å². The molecular formula is C11H15N3OS. The van der Waals surface area contributed by atoms with Crippen molar-refractivity contribution in [3.05, 3.63) is 24.0 Å². The number of hydrogen-bond acceptors (Lipinski definition) is 4. The number of nitrogen functional groups attached to an aromatic ring is 1. The summed E-state index contributed by atoms with van der Waals surface area (Å²) >= 11 is 1.92. The minimum Gasteiger partial charge on any atom is -0.399 e. The Labute approximate surface area is 99.0 Å². The number of pyridine rings is 1. The monoisotopic (exact) mass is 237 g/mol. The van der Waals surface area contributed by atoms with Crippen LogP contribution in [-0.4, -0.2) is 28.4 Å². The fourth-order valence-corrected chi connectivity index (χ4v) is 2.87. The maximum absolute atomic E-state index is 11.7. The third kappa shape index (κ3) is 2.88. The van der Waals surface area contributed by atoms with Gasteiger partial charge in [0.2, 0.25) is 0 Å². The van der Waals surface area contributed by atoms with Crippen LogP contribution in [0.5, 0.6) is 0 Å². The number of anilines is 1. The molecule has 16 heavy (non-hydrogen) atoms. The average molecular weight is 237 g/mol. The summed E-state index contributed by atoms with van der Waals surface area (Å²) in [5, 5.41) is 3.45. The van der Waals surface area contributed by atoms with Gasteiger partial charge in [0.15, 0.2) is 0 Å². The van der Waals surface area contributed by atoms with Gasteiger partial charge in [0.25, 0.3) is 5.91 Å². The van der Waals surface area contributed by atoms with E-state index in [4.69, 9.17) is 5.73 Å². The first-order valence-electron chi connectivity index (χ1n) is 5.37. The molecule has 1 saturated heterocycles. The largest absolute Gasteiger partial charge is 0.399 e. The quantitative estimate of drug-likeness (QED) is 0.831. The van der Waals surface area contributed by atoms with E-state index >= 15 is 0 Å². The van der Waals surface area contributed by atoms with E-state index in [-0.39, 0.29) is 5.91 Å². The van der Waals surface area contributed by atoms with Crippen LogP contribution >= 0.6 is 11.8 Å². The molecule has 1 fully saturated rings. The molecule has 0 radical (unpaired) electrons. The maximum atomic E-state index is 11.7. The number of nitrogens with zero attached hydrogens (tertiary/aromatic N) is 1. The molecule has 1 aromatic rings. The van der Waals surface area contributed by atoms with Crippen molar-refractivity contribution < 1.29 is 4.79 Å². The third-order valence-electron chi connectivity index (χ3n) is 2.53. The molecule has 4 nitrogen and oxygen atoms in total. The number of hydrogen-bond donors (Lipinski definition) is 2. The van der Waals surface area contributed by atoms with Crippen LogP contribution in [0.4, 0.5) is 5.69 Å². The van der Waals surface area contributed by atoms with E-state index in [9.17, 15) is 4.79 Å². The Hall–Kier alpha value is -1.23. The Morgan fingerprint density at radius 2 is 2.56 bits per heavy atom. The molecule has 86 valence electrons. The molecular weight excluding hydrogens is 222 g/mol. The van der Waals surface area contributed by atoms with Crippen molar-refractivity contribution in [1.82, 2.24) is 10.3 Å². The highest BCUT2D eigenvalue weighted by Crippen LogP contribution is 2.25. The molecule has 2 heterocycles. The van der Waals surface area contributed by atoms with Gasteiger partial charge in [0, 0.05) is 23.7 Å². The van der Waals surface area contributed by atoms with Crippen LogP contribution in [0, 0.1) is 0 Å². The van der Waals surface area contributed by atoms with Crippen LogP contribution < -0.4 is 11.1 Å². The van der Waals surface area contributed by atoms with E-state index in [2.05, 4.69) is 10.3 Å². The Morgan fingerprint density at radius 3 is 3.25 bits per heavy atom. The number of thioether (sulfide) groups is 1. The number of carbonyl (C=O) groups is 1. The first-order chi connectivity index (χ1) is 7.75. The zero-order chi connectivity index (χ0) is 11.4. The zero-order valence-electron chi connectivity index (χ0n) is 8.98. The van der Waals surface area contributed by atoms with Crippen LogP contribution in [0.15, 0.2) is 18.3 Å². The van der Waals surface area contributed by atoms with Gasteiger partial charge in [-0.1, -0.05) is 0 Å². The summed E-state index contributed by atoms with van der Waals surface area (Å²) in [5.74, 6) is 1.07. The van der Waals surface area contributed by atoms with E-state index in [1.165, 1.54) is 18.6 Å². The molecule has 1 aliphatic rings. The van der Waals surface area contributed by atoms with Crippen LogP contribution in [0.2, 0.25) is 0 Å². The second kappa shape index (κ2) is 5.21. The first kappa shape index (κ1) is 11.3. The van der Waals surface area contributed by atoms with E-state index in [1.807, 2.05) is 11.8 Å². The number of amides is 1. The summed E-state index contributed by atoms with van der Waals surface area (Å²) in [4.78, 5) is 15.7.